The molecule has 0 radical (unpaired) electrons. The molecular weight excluding hydrogens is 401 g/mol. The molecular formula is C18H12Cl3NO4. The summed E-state index contributed by atoms with van der Waals surface area (Å²) in [5.41, 5.74) is 0.865. The monoisotopic (exact) mass is 411 g/mol. The zero-order chi connectivity index (χ0) is 19.4. The lowest BCUT2D eigenvalue weighted by atomic mass is 9.96. The predicted molar refractivity (Wildman–Crippen MR) is 98.3 cm³/mol. The van der Waals surface area contributed by atoms with Crippen LogP contribution in [0.15, 0.2) is 24.3 Å². The fourth-order valence-electron chi connectivity index (χ4n) is 2.39. The van der Waals surface area contributed by atoms with Crippen LogP contribution < -0.4 is 0 Å². The van der Waals surface area contributed by atoms with E-state index < -0.39 is 17.5 Å². The fourth-order valence-corrected chi connectivity index (χ4v) is 3.34. The van der Waals surface area contributed by atoms with Gasteiger partial charge in [0.2, 0.25) is 0 Å². The first-order valence-electron chi connectivity index (χ1n) is 7.37. The summed E-state index contributed by atoms with van der Waals surface area (Å²) in [6, 6.07) is 7.69. The Balaban J connectivity index is 2.44. The van der Waals surface area contributed by atoms with Crippen LogP contribution in [0.1, 0.15) is 39.9 Å². The van der Waals surface area contributed by atoms with E-state index in [2.05, 4.69) is 0 Å². The molecule has 2 aromatic carbocycles. The maximum Gasteiger partial charge on any atom is 0.303 e. The lowest BCUT2D eigenvalue weighted by molar-refractivity contribution is -0.136. The summed E-state index contributed by atoms with van der Waals surface area (Å²) in [6.45, 7) is 0. The molecule has 0 saturated heterocycles. The Labute approximate surface area is 164 Å². The number of carbonyl (C=O) groups is 2. The van der Waals surface area contributed by atoms with Crippen molar-refractivity contribution in [2.75, 3.05) is 0 Å². The number of aliphatic carboxylic acids is 1. The van der Waals surface area contributed by atoms with Crippen LogP contribution in [0.4, 0.5) is 0 Å². The van der Waals surface area contributed by atoms with E-state index in [-0.39, 0.29) is 30.4 Å². The van der Waals surface area contributed by atoms with Gasteiger partial charge in [-0.2, -0.15) is 5.26 Å². The highest BCUT2D eigenvalue weighted by Crippen LogP contribution is 2.33. The number of hydrogen-bond acceptors (Lipinski definition) is 4. The molecule has 0 aliphatic carbocycles. The van der Waals surface area contributed by atoms with Gasteiger partial charge in [-0.15, -0.1) is 0 Å². The van der Waals surface area contributed by atoms with E-state index in [1.165, 1.54) is 24.3 Å². The lowest BCUT2D eigenvalue weighted by Gasteiger charge is -2.11. The Bertz CT molecular complexity index is 912. The standard InChI is InChI=1S/C18H12Cl3NO4/c19-11-6-14(20)12(15(21)7-11)4-9-3-10(8-22)18(26)13(5-9)16(23)1-2-17(24)25/h3,5-7,26H,1-2,4H2,(H,24,25). The van der Waals surface area contributed by atoms with Gasteiger partial charge in [-0.3, -0.25) is 9.59 Å². The molecule has 134 valence electrons. The number of hydrogen-bond donors (Lipinski definition) is 2. The number of halogens is 3. The van der Waals surface area contributed by atoms with Gasteiger partial charge in [0.15, 0.2) is 5.78 Å². The van der Waals surface area contributed by atoms with Crippen molar-refractivity contribution in [3.8, 4) is 11.8 Å². The molecule has 0 aromatic heterocycles. The normalized spacial score (nSPS) is 10.4. The van der Waals surface area contributed by atoms with E-state index in [1.807, 2.05) is 6.07 Å². The minimum Gasteiger partial charge on any atom is -0.506 e. The smallest absolute Gasteiger partial charge is 0.303 e. The average Bonchev–Trinajstić information content (AvgIpc) is 2.56. The second-order valence-electron chi connectivity index (χ2n) is 5.49. The molecule has 5 nitrogen and oxygen atoms in total. The zero-order valence-corrected chi connectivity index (χ0v) is 15.5. The molecule has 2 N–H and O–H groups in total. The minimum absolute atomic E-state index is 0.0950. The van der Waals surface area contributed by atoms with E-state index in [9.17, 15) is 20.0 Å². The van der Waals surface area contributed by atoms with E-state index in [1.54, 1.807) is 0 Å². The highest BCUT2D eigenvalue weighted by atomic mass is 35.5. The first-order valence-corrected chi connectivity index (χ1v) is 8.50. The van der Waals surface area contributed by atoms with E-state index >= 15 is 0 Å². The van der Waals surface area contributed by atoms with Crippen LogP contribution in [0.2, 0.25) is 15.1 Å². The number of benzene rings is 2. The number of phenolic OH excluding ortho intramolecular Hbond substituents is 1. The van der Waals surface area contributed by atoms with Gasteiger partial charge in [-0.05, 0) is 35.4 Å². The number of nitrogens with zero attached hydrogens (tertiary/aromatic N) is 1. The summed E-state index contributed by atoms with van der Waals surface area (Å²) in [7, 11) is 0. The Hall–Kier alpha value is -2.26. The number of rotatable bonds is 6. The second kappa shape index (κ2) is 8.41. The van der Waals surface area contributed by atoms with Gasteiger partial charge in [-0.1, -0.05) is 34.8 Å². The zero-order valence-electron chi connectivity index (χ0n) is 13.2. The van der Waals surface area contributed by atoms with E-state index in [4.69, 9.17) is 39.9 Å². The number of nitriles is 1. The highest BCUT2D eigenvalue weighted by molar-refractivity contribution is 6.39. The van der Waals surface area contributed by atoms with Crippen molar-refractivity contribution in [1.82, 2.24) is 0 Å². The van der Waals surface area contributed by atoms with Crippen molar-refractivity contribution in [3.05, 3.63) is 61.6 Å². The SMILES string of the molecule is N#Cc1cc(Cc2c(Cl)cc(Cl)cc2Cl)cc(C(=O)CCC(=O)O)c1O. The summed E-state index contributed by atoms with van der Waals surface area (Å²) in [5.74, 6) is -2.18. The van der Waals surface area contributed by atoms with Crippen LogP contribution >= 0.6 is 34.8 Å². The van der Waals surface area contributed by atoms with Crippen molar-refractivity contribution >= 4 is 46.6 Å². The summed E-state index contributed by atoms with van der Waals surface area (Å²) < 4.78 is 0. The van der Waals surface area contributed by atoms with E-state index in [0.29, 0.717) is 26.2 Å². The fraction of sp³-hybridized carbons (Fsp3) is 0.167. The van der Waals surface area contributed by atoms with Crippen LogP contribution in [0.3, 0.4) is 0 Å². The molecule has 8 heteroatoms. The van der Waals surface area contributed by atoms with Crippen LogP contribution in [-0.2, 0) is 11.2 Å². The molecule has 2 aromatic rings. The van der Waals surface area contributed by atoms with E-state index in [0.717, 1.165) is 0 Å². The van der Waals surface area contributed by atoms with Gasteiger partial charge in [-0.25, -0.2) is 0 Å². The summed E-state index contributed by atoms with van der Waals surface area (Å²) in [4.78, 5) is 22.9. The van der Waals surface area contributed by atoms with Gasteiger partial charge in [0.25, 0.3) is 0 Å². The van der Waals surface area contributed by atoms with Gasteiger partial charge in [0, 0.05) is 27.9 Å². The number of ketones is 1. The van der Waals surface area contributed by atoms with Crippen LogP contribution in [0.25, 0.3) is 0 Å². The molecule has 0 fully saturated rings. The van der Waals surface area contributed by atoms with Gasteiger partial charge >= 0.3 is 5.97 Å². The molecule has 0 bridgehead atoms. The third-order valence-electron chi connectivity index (χ3n) is 3.64. The maximum absolute atomic E-state index is 12.2. The number of carboxylic acid groups (broad SMARTS) is 1. The number of aromatic hydroxyl groups is 1. The van der Waals surface area contributed by atoms with Crippen molar-refractivity contribution in [3.63, 3.8) is 0 Å². The Kier molecular flexibility index (Phi) is 6.49. The molecule has 26 heavy (non-hydrogen) atoms. The molecule has 2 rings (SSSR count). The van der Waals surface area contributed by atoms with Crippen LogP contribution in [-0.4, -0.2) is 22.0 Å². The topological polar surface area (TPSA) is 98.4 Å². The first kappa shape index (κ1) is 20.1. The van der Waals surface area contributed by atoms with Crippen molar-refractivity contribution in [1.29, 1.82) is 5.26 Å². The van der Waals surface area contributed by atoms with Gasteiger partial charge in [0.05, 0.1) is 17.5 Å². The number of Topliss-reactive ketones (excluding diaryl/α,β-unsaturated/α-hetero) is 1. The lowest BCUT2D eigenvalue weighted by Crippen LogP contribution is -2.06. The quantitative estimate of drug-likeness (QED) is 0.660. The maximum atomic E-state index is 12.2. The minimum atomic E-state index is -1.13. The van der Waals surface area contributed by atoms with Crippen LogP contribution in [0, 0.1) is 11.3 Å². The third kappa shape index (κ3) is 4.67. The first-order chi connectivity index (χ1) is 12.2. The molecule has 0 aliphatic rings. The number of phenols is 1. The average molecular weight is 413 g/mol. The molecule has 0 atom stereocenters. The molecule has 0 spiro atoms. The molecule has 0 saturated carbocycles. The van der Waals surface area contributed by atoms with Crippen molar-refractivity contribution in [2.24, 2.45) is 0 Å². The third-order valence-corrected chi connectivity index (χ3v) is 4.54. The Morgan fingerprint density at radius 2 is 1.65 bits per heavy atom. The van der Waals surface area contributed by atoms with Gasteiger partial charge in [0.1, 0.15) is 11.8 Å². The van der Waals surface area contributed by atoms with Crippen molar-refractivity contribution < 1.29 is 19.8 Å². The van der Waals surface area contributed by atoms with Crippen LogP contribution in [0.5, 0.6) is 5.75 Å². The molecule has 0 aliphatic heterocycles. The Morgan fingerprint density at radius 1 is 1.04 bits per heavy atom. The molecule has 0 heterocycles. The molecule has 0 amide bonds. The largest absolute Gasteiger partial charge is 0.506 e. The summed E-state index contributed by atoms with van der Waals surface area (Å²) >= 11 is 18.2. The van der Waals surface area contributed by atoms with Crippen molar-refractivity contribution in [2.45, 2.75) is 19.3 Å². The Morgan fingerprint density at radius 3 is 2.19 bits per heavy atom. The summed E-state index contributed by atoms with van der Waals surface area (Å²) in [5, 5.41) is 29.0. The number of carbonyl (C=O) groups excluding carboxylic acids is 1. The second-order valence-corrected chi connectivity index (χ2v) is 6.74. The van der Waals surface area contributed by atoms with Gasteiger partial charge < -0.3 is 10.2 Å². The summed E-state index contributed by atoms with van der Waals surface area (Å²) in [6.07, 6.45) is -0.470. The highest BCUT2D eigenvalue weighted by Gasteiger charge is 2.18. The number of carboxylic acids is 1. The molecule has 0 unspecified atom stereocenters. The predicted octanol–water partition coefficient (Wildman–Crippen LogP) is 4.86.